The number of carbonyl (C=O) groups excluding carboxylic acids is 1. The van der Waals surface area contributed by atoms with Crippen molar-refractivity contribution in [2.24, 2.45) is 4.99 Å². The van der Waals surface area contributed by atoms with Gasteiger partial charge in [-0.3, -0.25) is 4.79 Å². The van der Waals surface area contributed by atoms with Gasteiger partial charge >= 0.3 is 0 Å². The summed E-state index contributed by atoms with van der Waals surface area (Å²) < 4.78 is 0.997. The fourth-order valence-corrected chi connectivity index (χ4v) is 4.34. The lowest BCUT2D eigenvalue weighted by Crippen LogP contribution is -2.36. The zero-order valence-corrected chi connectivity index (χ0v) is 13.8. The minimum atomic E-state index is -0.0774. The summed E-state index contributed by atoms with van der Waals surface area (Å²) >= 11 is 3.29. The first kappa shape index (κ1) is 15.4. The summed E-state index contributed by atoms with van der Waals surface area (Å²) in [5.74, 6) is 1.14. The molecule has 0 aromatic heterocycles. The van der Waals surface area contributed by atoms with Crippen LogP contribution < -0.4 is 0 Å². The largest absolute Gasteiger partial charge is 0.342 e. The van der Waals surface area contributed by atoms with Crippen molar-refractivity contribution in [3.05, 3.63) is 29.8 Å². The number of aliphatic imine (C=N–C) groups is 1. The van der Waals surface area contributed by atoms with E-state index in [9.17, 15) is 4.79 Å². The molecule has 3 nitrogen and oxygen atoms in total. The number of benzene rings is 1. The van der Waals surface area contributed by atoms with Crippen LogP contribution in [-0.4, -0.2) is 33.5 Å². The third-order valence-corrected chi connectivity index (χ3v) is 5.54. The van der Waals surface area contributed by atoms with Gasteiger partial charge in [-0.25, -0.2) is 4.99 Å². The molecule has 0 bridgehead atoms. The Morgan fingerprint density at radius 1 is 1.40 bits per heavy atom. The number of rotatable bonds is 4. The molecule has 0 spiro atoms. The number of fused-ring (bicyclic) bond motifs is 1. The highest BCUT2D eigenvalue weighted by Gasteiger charge is 2.22. The van der Waals surface area contributed by atoms with Gasteiger partial charge in [-0.05, 0) is 32.4 Å². The van der Waals surface area contributed by atoms with E-state index in [0.29, 0.717) is 0 Å². The number of hydrogen-bond donors (Lipinski definition) is 0. The van der Waals surface area contributed by atoms with Crippen molar-refractivity contribution in [3.63, 3.8) is 0 Å². The zero-order chi connectivity index (χ0) is 14.5. The molecule has 1 aliphatic heterocycles. The zero-order valence-electron chi connectivity index (χ0n) is 12.1. The molecule has 108 valence electrons. The van der Waals surface area contributed by atoms with Gasteiger partial charge in [0.15, 0.2) is 0 Å². The van der Waals surface area contributed by atoms with Crippen molar-refractivity contribution in [3.8, 4) is 0 Å². The third-order valence-electron chi connectivity index (χ3n) is 3.25. The van der Waals surface area contributed by atoms with Crippen LogP contribution in [0.25, 0.3) is 0 Å². The number of nitrogens with zero attached hydrogens (tertiary/aromatic N) is 2. The average Bonchev–Trinajstić information content (AvgIpc) is 2.48. The van der Waals surface area contributed by atoms with Crippen LogP contribution in [0.4, 0.5) is 5.69 Å². The first-order valence-electron chi connectivity index (χ1n) is 6.90. The van der Waals surface area contributed by atoms with Crippen LogP contribution in [0.3, 0.4) is 0 Å². The molecule has 0 saturated heterocycles. The molecule has 2 rings (SSSR count). The minimum Gasteiger partial charge on any atom is -0.342 e. The highest BCUT2D eigenvalue weighted by molar-refractivity contribution is 8.39. The Labute approximate surface area is 129 Å². The van der Waals surface area contributed by atoms with Crippen molar-refractivity contribution in [2.75, 3.05) is 13.1 Å². The second kappa shape index (κ2) is 7.18. The fourth-order valence-electron chi connectivity index (χ4n) is 2.07. The van der Waals surface area contributed by atoms with E-state index in [1.54, 1.807) is 23.5 Å². The van der Waals surface area contributed by atoms with Gasteiger partial charge < -0.3 is 4.90 Å². The Kier molecular flexibility index (Phi) is 5.54. The molecule has 5 heteroatoms. The molecule has 0 aliphatic carbocycles. The topological polar surface area (TPSA) is 32.7 Å². The van der Waals surface area contributed by atoms with E-state index >= 15 is 0 Å². The van der Waals surface area contributed by atoms with Crippen LogP contribution in [0.5, 0.6) is 0 Å². The molecule has 1 aromatic carbocycles. The first-order valence-corrected chi connectivity index (χ1v) is 8.77. The lowest BCUT2D eigenvalue weighted by atomic mass is 10.2. The highest BCUT2D eigenvalue weighted by atomic mass is 32.2. The van der Waals surface area contributed by atoms with Crippen LogP contribution in [0, 0.1) is 0 Å². The summed E-state index contributed by atoms with van der Waals surface area (Å²) in [5, 5.41) is -0.0774. The molecule has 0 radical (unpaired) electrons. The maximum absolute atomic E-state index is 12.3. The van der Waals surface area contributed by atoms with Gasteiger partial charge in [-0.1, -0.05) is 41.7 Å². The van der Waals surface area contributed by atoms with Gasteiger partial charge in [0.05, 0.1) is 10.9 Å². The van der Waals surface area contributed by atoms with Gasteiger partial charge in [0.1, 0.15) is 4.38 Å². The van der Waals surface area contributed by atoms with Gasteiger partial charge in [0, 0.05) is 18.8 Å². The van der Waals surface area contributed by atoms with E-state index in [4.69, 9.17) is 0 Å². The molecule has 1 heterocycles. The van der Waals surface area contributed by atoms with E-state index in [-0.39, 0.29) is 11.2 Å². The smallest absolute Gasteiger partial charge is 0.235 e. The van der Waals surface area contributed by atoms with E-state index < -0.39 is 0 Å². The van der Waals surface area contributed by atoms with Crippen molar-refractivity contribution in [2.45, 2.75) is 31.8 Å². The maximum Gasteiger partial charge on any atom is 0.235 e. The highest BCUT2D eigenvalue weighted by Crippen LogP contribution is 2.35. The summed E-state index contributed by atoms with van der Waals surface area (Å²) in [7, 11) is 0. The van der Waals surface area contributed by atoms with Gasteiger partial charge in [0.2, 0.25) is 5.91 Å². The van der Waals surface area contributed by atoms with Crippen molar-refractivity contribution < 1.29 is 4.79 Å². The molecule has 0 N–H and O–H groups in total. The summed E-state index contributed by atoms with van der Waals surface area (Å²) in [5.41, 5.74) is 2.31. The number of amides is 1. The van der Waals surface area contributed by atoms with E-state index in [1.165, 1.54) is 5.56 Å². The van der Waals surface area contributed by atoms with E-state index in [1.807, 2.05) is 43.9 Å². The number of para-hydroxylation sites is 1. The normalized spacial score (nSPS) is 15.2. The van der Waals surface area contributed by atoms with Gasteiger partial charge in [-0.2, -0.15) is 0 Å². The predicted molar refractivity (Wildman–Crippen MR) is 89.8 cm³/mol. The molecular formula is C15H20N2OS2. The summed E-state index contributed by atoms with van der Waals surface area (Å²) in [4.78, 5) is 18.8. The van der Waals surface area contributed by atoms with Crippen molar-refractivity contribution in [1.29, 1.82) is 0 Å². The summed E-state index contributed by atoms with van der Waals surface area (Å²) in [6, 6.07) is 8.19. The standard InChI is InChI=1S/C15H20N2OS2/c1-4-17(5-2)14(18)11(3)20-15-16-13-9-7-6-8-12(13)10-19-15/h6-9,11H,4-5,10H2,1-3H3. The molecule has 1 unspecified atom stereocenters. The first-order chi connectivity index (χ1) is 9.65. The monoisotopic (exact) mass is 308 g/mol. The molecule has 1 amide bonds. The number of carbonyl (C=O) groups is 1. The lowest BCUT2D eigenvalue weighted by Gasteiger charge is -2.23. The van der Waals surface area contributed by atoms with Crippen LogP contribution in [0.1, 0.15) is 26.3 Å². The van der Waals surface area contributed by atoms with Crippen LogP contribution >= 0.6 is 23.5 Å². The van der Waals surface area contributed by atoms with Crippen molar-refractivity contribution >= 4 is 39.5 Å². The number of thioether (sulfide) groups is 2. The fraction of sp³-hybridized carbons (Fsp3) is 0.467. The van der Waals surface area contributed by atoms with Crippen LogP contribution in [0.15, 0.2) is 29.3 Å². The summed E-state index contributed by atoms with van der Waals surface area (Å²) in [6.07, 6.45) is 0. The SMILES string of the molecule is CCN(CC)C(=O)C(C)SC1=Nc2ccccc2CS1. The molecule has 1 aliphatic rings. The molecule has 0 saturated carbocycles. The maximum atomic E-state index is 12.3. The van der Waals surface area contributed by atoms with Crippen LogP contribution in [0.2, 0.25) is 0 Å². The lowest BCUT2D eigenvalue weighted by molar-refractivity contribution is -0.129. The Balaban J connectivity index is 2.04. The van der Waals surface area contributed by atoms with Crippen molar-refractivity contribution in [1.82, 2.24) is 4.90 Å². The Morgan fingerprint density at radius 2 is 2.10 bits per heavy atom. The third kappa shape index (κ3) is 3.58. The quantitative estimate of drug-likeness (QED) is 0.845. The summed E-state index contributed by atoms with van der Waals surface area (Å²) in [6.45, 7) is 7.53. The molecule has 20 heavy (non-hydrogen) atoms. The van der Waals surface area contributed by atoms with Gasteiger partial charge in [0.25, 0.3) is 0 Å². The molecule has 0 fully saturated rings. The minimum absolute atomic E-state index is 0.0774. The van der Waals surface area contributed by atoms with E-state index in [2.05, 4.69) is 11.1 Å². The van der Waals surface area contributed by atoms with Gasteiger partial charge in [-0.15, -0.1) is 0 Å². The van der Waals surface area contributed by atoms with Crippen LogP contribution in [-0.2, 0) is 10.5 Å². The predicted octanol–water partition coefficient (Wildman–Crippen LogP) is 3.91. The van der Waals surface area contributed by atoms with E-state index in [0.717, 1.165) is 28.9 Å². The number of hydrogen-bond acceptors (Lipinski definition) is 4. The average molecular weight is 308 g/mol. The molecular weight excluding hydrogens is 288 g/mol. The second-order valence-electron chi connectivity index (χ2n) is 4.57. The second-order valence-corrected chi connectivity index (χ2v) is 7.12. The Morgan fingerprint density at radius 3 is 2.80 bits per heavy atom. The Hall–Kier alpha value is -0.940. The molecule has 1 aromatic rings. The molecule has 1 atom stereocenters. The Bertz CT molecular complexity index is 512.